The molecule has 20 heavy (non-hydrogen) atoms. The van der Waals surface area contributed by atoms with Gasteiger partial charge >= 0.3 is 0 Å². The number of aliphatic hydroxyl groups excluding tert-OH is 1. The Bertz CT molecular complexity index is 582. The van der Waals surface area contributed by atoms with Crippen LogP contribution in [0.15, 0.2) is 36.4 Å². The van der Waals surface area contributed by atoms with Gasteiger partial charge in [-0.2, -0.15) is 0 Å². The second kappa shape index (κ2) is 6.39. The highest BCUT2D eigenvalue weighted by atomic mass is 16.5. The number of hydrogen-bond donors (Lipinski definition) is 1. The zero-order chi connectivity index (χ0) is 14.5. The molecule has 0 aliphatic heterocycles. The molecule has 0 fully saturated rings. The maximum Gasteiger partial charge on any atom is 0.213 e. The van der Waals surface area contributed by atoms with Crippen LogP contribution in [0.2, 0.25) is 0 Å². The number of rotatable bonds is 5. The van der Waals surface area contributed by atoms with Gasteiger partial charge in [0, 0.05) is 6.07 Å². The first-order valence-electron chi connectivity index (χ1n) is 6.51. The van der Waals surface area contributed by atoms with Crippen molar-refractivity contribution in [1.82, 2.24) is 4.98 Å². The van der Waals surface area contributed by atoms with E-state index in [-0.39, 0.29) is 0 Å². The van der Waals surface area contributed by atoms with Gasteiger partial charge in [0.15, 0.2) is 0 Å². The summed E-state index contributed by atoms with van der Waals surface area (Å²) in [6.45, 7) is 4.09. The van der Waals surface area contributed by atoms with Crippen LogP contribution in [0.3, 0.4) is 0 Å². The summed E-state index contributed by atoms with van der Waals surface area (Å²) in [5, 5.41) is 9.54. The number of aryl methyl sites for hydroxylation is 1. The minimum atomic E-state index is -0.470. The average molecular weight is 273 g/mol. The van der Waals surface area contributed by atoms with Crippen molar-refractivity contribution in [3.8, 4) is 11.6 Å². The van der Waals surface area contributed by atoms with E-state index in [1.807, 2.05) is 37.3 Å². The van der Waals surface area contributed by atoms with Gasteiger partial charge in [-0.1, -0.05) is 12.1 Å². The Hall–Kier alpha value is -2.07. The predicted octanol–water partition coefficient (Wildman–Crippen LogP) is 3.03. The molecule has 1 heterocycles. The van der Waals surface area contributed by atoms with E-state index in [4.69, 9.17) is 9.47 Å². The summed E-state index contributed by atoms with van der Waals surface area (Å²) in [5.74, 6) is 1.37. The first kappa shape index (κ1) is 14.3. The van der Waals surface area contributed by atoms with Gasteiger partial charge in [0.25, 0.3) is 0 Å². The van der Waals surface area contributed by atoms with Gasteiger partial charge in [-0.15, -0.1) is 0 Å². The van der Waals surface area contributed by atoms with E-state index in [0.717, 1.165) is 22.6 Å². The number of benzene rings is 1. The molecule has 0 saturated carbocycles. The third-order valence-corrected chi connectivity index (χ3v) is 3.05. The van der Waals surface area contributed by atoms with E-state index in [1.165, 1.54) is 0 Å². The Morgan fingerprint density at radius 2 is 2.05 bits per heavy atom. The van der Waals surface area contributed by atoms with Crippen LogP contribution in [0.1, 0.15) is 29.8 Å². The van der Waals surface area contributed by atoms with Gasteiger partial charge < -0.3 is 14.6 Å². The van der Waals surface area contributed by atoms with Crippen molar-refractivity contribution in [2.45, 2.75) is 26.6 Å². The van der Waals surface area contributed by atoms with E-state index in [0.29, 0.717) is 12.5 Å². The fraction of sp³-hybridized carbons (Fsp3) is 0.312. The lowest BCUT2D eigenvalue weighted by molar-refractivity contribution is 0.199. The fourth-order valence-electron chi connectivity index (χ4n) is 1.90. The summed E-state index contributed by atoms with van der Waals surface area (Å²) in [5.41, 5.74) is 2.68. The Kier molecular flexibility index (Phi) is 4.58. The molecule has 2 rings (SSSR count). The SMILES string of the molecule is COc1cccc(COc2ccc([C@@H](C)O)cc2C)n1. The highest BCUT2D eigenvalue weighted by molar-refractivity contribution is 5.37. The molecule has 1 aromatic carbocycles. The molecule has 1 aromatic heterocycles. The molecule has 0 radical (unpaired) electrons. The Morgan fingerprint density at radius 1 is 1.25 bits per heavy atom. The number of aromatic nitrogens is 1. The molecular weight excluding hydrogens is 254 g/mol. The molecular formula is C16H19NO3. The van der Waals surface area contributed by atoms with Gasteiger partial charge in [-0.05, 0) is 43.2 Å². The third-order valence-electron chi connectivity index (χ3n) is 3.05. The molecule has 4 heteroatoms. The van der Waals surface area contributed by atoms with E-state index in [2.05, 4.69) is 4.98 Å². The quantitative estimate of drug-likeness (QED) is 0.909. The maximum absolute atomic E-state index is 9.54. The zero-order valence-electron chi connectivity index (χ0n) is 12.0. The lowest BCUT2D eigenvalue weighted by atomic mass is 10.1. The van der Waals surface area contributed by atoms with Gasteiger partial charge in [0.2, 0.25) is 5.88 Å². The lowest BCUT2D eigenvalue weighted by Gasteiger charge is -2.12. The Morgan fingerprint density at radius 3 is 2.70 bits per heavy atom. The van der Waals surface area contributed by atoms with Crippen molar-refractivity contribution in [3.63, 3.8) is 0 Å². The van der Waals surface area contributed by atoms with Crippen molar-refractivity contribution in [1.29, 1.82) is 0 Å². The van der Waals surface area contributed by atoms with Gasteiger partial charge in [0.05, 0.1) is 18.9 Å². The number of nitrogens with zero attached hydrogens (tertiary/aromatic N) is 1. The van der Waals surface area contributed by atoms with Crippen molar-refractivity contribution in [2.24, 2.45) is 0 Å². The minimum absolute atomic E-state index is 0.381. The van der Waals surface area contributed by atoms with Crippen LogP contribution >= 0.6 is 0 Å². The second-order valence-corrected chi connectivity index (χ2v) is 4.66. The van der Waals surface area contributed by atoms with Crippen LogP contribution in [-0.4, -0.2) is 17.2 Å². The second-order valence-electron chi connectivity index (χ2n) is 4.66. The highest BCUT2D eigenvalue weighted by Crippen LogP contribution is 2.23. The predicted molar refractivity (Wildman–Crippen MR) is 76.9 cm³/mol. The van der Waals surface area contributed by atoms with Gasteiger partial charge in [0.1, 0.15) is 12.4 Å². The molecule has 1 atom stereocenters. The molecule has 2 aromatic rings. The Balaban J connectivity index is 2.07. The third kappa shape index (κ3) is 3.48. The topological polar surface area (TPSA) is 51.6 Å². The number of aliphatic hydroxyl groups is 1. The van der Waals surface area contributed by atoms with Crippen LogP contribution in [0.25, 0.3) is 0 Å². The van der Waals surface area contributed by atoms with Gasteiger partial charge in [-0.25, -0.2) is 4.98 Å². The van der Waals surface area contributed by atoms with Crippen LogP contribution in [0, 0.1) is 6.92 Å². The maximum atomic E-state index is 9.54. The summed E-state index contributed by atoms with van der Waals surface area (Å²) >= 11 is 0. The van der Waals surface area contributed by atoms with Crippen LogP contribution in [0.4, 0.5) is 0 Å². The summed E-state index contributed by atoms with van der Waals surface area (Å²) in [6, 6.07) is 11.2. The molecule has 0 saturated heterocycles. The Labute approximate surface area is 119 Å². The molecule has 106 valence electrons. The number of pyridine rings is 1. The molecule has 0 aliphatic carbocycles. The van der Waals surface area contributed by atoms with Crippen LogP contribution < -0.4 is 9.47 Å². The normalized spacial score (nSPS) is 12.0. The first-order valence-corrected chi connectivity index (χ1v) is 6.51. The van der Waals surface area contributed by atoms with Crippen LogP contribution in [0.5, 0.6) is 11.6 Å². The smallest absolute Gasteiger partial charge is 0.213 e. The molecule has 1 N–H and O–H groups in total. The fourth-order valence-corrected chi connectivity index (χ4v) is 1.90. The van der Waals surface area contributed by atoms with E-state index < -0.39 is 6.10 Å². The summed E-state index contributed by atoms with van der Waals surface area (Å²) in [6.07, 6.45) is -0.470. The average Bonchev–Trinajstić information content (AvgIpc) is 2.46. The molecule has 0 spiro atoms. The molecule has 0 unspecified atom stereocenters. The number of ether oxygens (including phenoxy) is 2. The van der Waals surface area contributed by atoms with E-state index in [1.54, 1.807) is 20.1 Å². The van der Waals surface area contributed by atoms with Crippen molar-refractivity contribution in [2.75, 3.05) is 7.11 Å². The van der Waals surface area contributed by atoms with E-state index in [9.17, 15) is 5.11 Å². The lowest BCUT2D eigenvalue weighted by Crippen LogP contribution is -2.01. The highest BCUT2D eigenvalue weighted by Gasteiger charge is 2.06. The van der Waals surface area contributed by atoms with Crippen LogP contribution in [-0.2, 0) is 6.61 Å². The molecule has 0 aliphatic rings. The summed E-state index contributed by atoms with van der Waals surface area (Å²) in [7, 11) is 1.59. The number of methoxy groups -OCH3 is 1. The minimum Gasteiger partial charge on any atom is -0.487 e. The van der Waals surface area contributed by atoms with Crippen molar-refractivity contribution >= 4 is 0 Å². The monoisotopic (exact) mass is 273 g/mol. The number of hydrogen-bond acceptors (Lipinski definition) is 4. The summed E-state index contributed by atoms with van der Waals surface area (Å²) in [4.78, 5) is 4.29. The van der Waals surface area contributed by atoms with Crippen molar-refractivity contribution < 1.29 is 14.6 Å². The standard InChI is InChI=1S/C16H19NO3/c1-11-9-13(12(2)18)7-8-15(11)20-10-14-5-4-6-16(17-14)19-3/h4-9,12,18H,10H2,1-3H3/t12-/m1/s1. The zero-order valence-corrected chi connectivity index (χ0v) is 12.0. The largest absolute Gasteiger partial charge is 0.487 e. The molecule has 4 nitrogen and oxygen atoms in total. The first-order chi connectivity index (χ1) is 9.60. The summed E-state index contributed by atoms with van der Waals surface area (Å²) < 4.78 is 10.8. The van der Waals surface area contributed by atoms with Gasteiger partial charge in [-0.3, -0.25) is 0 Å². The van der Waals surface area contributed by atoms with Crippen molar-refractivity contribution in [3.05, 3.63) is 53.2 Å². The van der Waals surface area contributed by atoms with E-state index >= 15 is 0 Å². The molecule has 0 bridgehead atoms. The molecule has 0 amide bonds.